The van der Waals surface area contributed by atoms with Gasteiger partial charge in [0.1, 0.15) is 48.5 Å². The number of aldehydes is 1. The van der Waals surface area contributed by atoms with E-state index in [1.54, 1.807) is 59.8 Å². The Labute approximate surface area is 443 Å². The first-order valence-corrected chi connectivity index (χ1v) is 27.0. The number of pyridine rings is 1. The molecule has 6 unspecified atom stereocenters. The van der Waals surface area contributed by atoms with Crippen LogP contribution in [0.2, 0.25) is 0 Å². The van der Waals surface area contributed by atoms with Gasteiger partial charge in [-0.05, 0) is 104 Å². The number of methoxy groups -OCH3 is 1. The van der Waals surface area contributed by atoms with Crippen molar-refractivity contribution in [3.63, 3.8) is 0 Å². The molecule has 0 spiro atoms. The molecule has 1 aromatic carbocycles. The van der Waals surface area contributed by atoms with Crippen molar-refractivity contribution in [1.29, 1.82) is 0 Å². The summed E-state index contributed by atoms with van der Waals surface area (Å²) in [7, 11) is 6.85. The Hall–Kier alpha value is -3.99. The van der Waals surface area contributed by atoms with Gasteiger partial charge < -0.3 is 72.5 Å². The second-order valence-electron chi connectivity index (χ2n) is 21.1. The molecule has 3 aliphatic heterocycles. The minimum absolute atomic E-state index is 0.0227. The molecule has 19 heteroatoms. The van der Waals surface area contributed by atoms with E-state index in [4.69, 9.17) is 42.6 Å². The van der Waals surface area contributed by atoms with Gasteiger partial charge >= 0.3 is 17.9 Å². The number of cyclic esters (lactones) is 1. The lowest BCUT2D eigenvalue weighted by Gasteiger charge is -2.51. The lowest BCUT2D eigenvalue weighted by molar-refractivity contribution is -0.351. The van der Waals surface area contributed by atoms with Gasteiger partial charge in [0.05, 0.1) is 42.4 Å². The summed E-state index contributed by atoms with van der Waals surface area (Å²) in [4.78, 5) is 61.4. The van der Waals surface area contributed by atoms with Crippen LogP contribution in [-0.4, -0.2) is 187 Å². The zero-order valence-corrected chi connectivity index (χ0v) is 46.1. The highest BCUT2D eigenvalue weighted by atomic mass is 16.7. The number of β-amino-alcohol motifs (C(OH)–C–C–N with tert-alkyl or cyclic N) is 1. The molecule has 422 valence electrons. The third-order valence-electron chi connectivity index (χ3n) is 14.7. The number of esters is 3. The summed E-state index contributed by atoms with van der Waals surface area (Å²) < 4.78 is 57.0. The largest absolute Gasteiger partial charge is 0.462 e. The van der Waals surface area contributed by atoms with Crippen LogP contribution in [0, 0.1) is 11.8 Å². The SMILES string of the molecule is CCCC(O)O[C@H]1C(C)O[C@@H](O[C@@H]2C(C)O[C@@H](O[C@H]3[C@@H](CC=O)C[C@@H](C)[C@@H](O)CN(C)CCC[C@H](CC=Cc4cnc5ccccc5c4)OC(=O)C[C@@H](OC(=O)CC)[C@@H]3OC)C(O)C2N(C)C)CC1(C)OC(=O)CC. The van der Waals surface area contributed by atoms with Gasteiger partial charge in [-0.25, -0.2) is 0 Å². The first-order valence-electron chi connectivity index (χ1n) is 27.0. The van der Waals surface area contributed by atoms with E-state index in [9.17, 15) is 34.5 Å². The van der Waals surface area contributed by atoms with Crippen LogP contribution in [0.15, 0.2) is 42.6 Å². The van der Waals surface area contributed by atoms with E-state index < -0.39 is 122 Å². The van der Waals surface area contributed by atoms with Crippen molar-refractivity contribution in [2.24, 2.45) is 11.8 Å². The minimum atomic E-state index is -1.43. The van der Waals surface area contributed by atoms with E-state index >= 15 is 0 Å². The zero-order valence-electron chi connectivity index (χ0n) is 46.1. The molecule has 4 heterocycles. The van der Waals surface area contributed by atoms with E-state index in [2.05, 4.69) is 4.98 Å². The maximum atomic E-state index is 14.2. The van der Waals surface area contributed by atoms with E-state index in [0.29, 0.717) is 45.2 Å². The molecule has 5 rings (SSSR count). The highest BCUT2D eigenvalue weighted by Gasteiger charge is 2.54. The molecule has 3 N–H and O–H groups in total. The lowest BCUT2D eigenvalue weighted by Crippen LogP contribution is -2.66. The molecule has 3 saturated heterocycles. The lowest BCUT2D eigenvalue weighted by atomic mass is 9.82. The summed E-state index contributed by atoms with van der Waals surface area (Å²) in [5.41, 5.74) is 0.496. The maximum absolute atomic E-state index is 14.2. The molecular weight excluding hydrogens is 971 g/mol. The average molecular weight is 1060 g/mol. The number of hydrogen-bond acceptors (Lipinski definition) is 19. The van der Waals surface area contributed by atoms with E-state index in [-0.39, 0.29) is 38.0 Å². The number of para-hydroxylation sites is 1. The number of nitrogens with zero attached hydrogens (tertiary/aromatic N) is 3. The number of likely N-dealkylation sites (N-methyl/N-ethyl adjacent to an activating group) is 2. The van der Waals surface area contributed by atoms with Gasteiger partial charge in [0.2, 0.25) is 0 Å². The van der Waals surface area contributed by atoms with Gasteiger partial charge in [0.15, 0.2) is 18.9 Å². The molecular formula is C56H87N3O16. The quantitative estimate of drug-likeness (QED) is 0.0658. The smallest absolute Gasteiger partial charge is 0.309 e. The van der Waals surface area contributed by atoms with Crippen LogP contribution in [0.5, 0.6) is 0 Å². The third-order valence-corrected chi connectivity index (χ3v) is 14.7. The van der Waals surface area contributed by atoms with Crippen molar-refractivity contribution in [2.45, 2.75) is 211 Å². The third kappa shape index (κ3) is 17.5. The zero-order chi connectivity index (χ0) is 55.0. The van der Waals surface area contributed by atoms with Crippen molar-refractivity contribution in [3.8, 4) is 0 Å². The highest BCUT2D eigenvalue weighted by molar-refractivity contribution is 5.80. The van der Waals surface area contributed by atoms with Crippen LogP contribution in [0.4, 0.5) is 0 Å². The number of aliphatic hydroxyl groups excluding tert-OH is 3. The fraction of sp³-hybridized carbons (Fsp3) is 0.732. The average Bonchev–Trinajstić information content (AvgIpc) is 3.35. The van der Waals surface area contributed by atoms with Crippen molar-refractivity contribution in [1.82, 2.24) is 14.8 Å². The number of ether oxygens (including phenoxy) is 9. The Bertz CT molecular complexity index is 2130. The van der Waals surface area contributed by atoms with Crippen molar-refractivity contribution in [3.05, 3.63) is 48.2 Å². The van der Waals surface area contributed by atoms with Crippen LogP contribution in [0.3, 0.4) is 0 Å². The monoisotopic (exact) mass is 1060 g/mol. The van der Waals surface area contributed by atoms with Crippen LogP contribution in [-0.2, 0) is 61.8 Å². The number of aromatic nitrogens is 1. The van der Waals surface area contributed by atoms with Crippen LogP contribution < -0.4 is 0 Å². The standard InChI is InChI=1S/C56H87N3O16/c1-12-19-46(64)72-54-36(6)68-48(31-56(54,7)75-45(63)14-3)73-51-35(5)69-55(50(66)49(51)58(8)9)74-52-39(25-27-60)28-34(4)42(61)33-59(10)26-18-23-40(70-47(65)30-43(53(52)67-11)71-44(62)13-2)22-17-20-37-29-38-21-15-16-24-41(38)57-32-37/h15-17,20-21,24,27,29,32,34-36,39-40,42-43,46,48-55,61,64,66H,12-14,18-19,22-23,25-26,28,30-31,33H2,1-11H3/t34-,35?,36?,39+,40+,42+,43-,46?,48+,49?,50?,51-,52+,53+,54+,55+,56?/m1/s1. The molecule has 0 amide bonds. The Balaban J connectivity index is 1.45. The molecule has 0 bridgehead atoms. The molecule has 75 heavy (non-hydrogen) atoms. The summed E-state index contributed by atoms with van der Waals surface area (Å²) in [5, 5.41) is 35.8. The molecule has 2 aromatic rings. The predicted molar refractivity (Wildman–Crippen MR) is 279 cm³/mol. The number of carbonyl (C=O) groups is 4. The molecule has 3 fully saturated rings. The summed E-state index contributed by atoms with van der Waals surface area (Å²) in [5.74, 6) is -2.83. The Morgan fingerprint density at radius 3 is 2.41 bits per heavy atom. The van der Waals surface area contributed by atoms with Crippen LogP contribution >= 0.6 is 0 Å². The van der Waals surface area contributed by atoms with Gasteiger partial charge in [-0.2, -0.15) is 0 Å². The molecule has 17 atom stereocenters. The number of carbonyl (C=O) groups excluding carboxylic acids is 4. The molecule has 19 nitrogen and oxygen atoms in total. The second kappa shape index (κ2) is 29.7. The fourth-order valence-electron chi connectivity index (χ4n) is 10.7. The van der Waals surface area contributed by atoms with Crippen LogP contribution in [0.1, 0.15) is 125 Å². The first kappa shape index (κ1) is 61.9. The minimum Gasteiger partial charge on any atom is -0.462 e. The van der Waals surface area contributed by atoms with Gasteiger partial charge in [0.25, 0.3) is 0 Å². The van der Waals surface area contributed by atoms with Gasteiger partial charge in [-0.3, -0.25) is 19.4 Å². The normalized spacial score (nSPS) is 34.5. The number of rotatable bonds is 19. The first-order chi connectivity index (χ1) is 35.7. The number of aliphatic hydroxyl groups is 3. The predicted octanol–water partition coefficient (Wildman–Crippen LogP) is 5.75. The number of benzene rings is 1. The Morgan fingerprint density at radius 2 is 1.73 bits per heavy atom. The second-order valence-corrected chi connectivity index (χ2v) is 21.1. The Kier molecular flexibility index (Phi) is 24.5. The van der Waals surface area contributed by atoms with Crippen molar-refractivity contribution < 1.29 is 77.1 Å². The Morgan fingerprint density at radius 1 is 1.00 bits per heavy atom. The molecule has 0 saturated carbocycles. The highest BCUT2D eigenvalue weighted by Crippen LogP contribution is 2.40. The van der Waals surface area contributed by atoms with E-state index in [1.807, 2.05) is 68.3 Å². The summed E-state index contributed by atoms with van der Waals surface area (Å²) in [6, 6.07) is 9.05. The van der Waals surface area contributed by atoms with Crippen LogP contribution in [0.25, 0.3) is 17.0 Å². The fourth-order valence-corrected chi connectivity index (χ4v) is 10.7. The maximum Gasteiger partial charge on any atom is 0.309 e. The van der Waals surface area contributed by atoms with E-state index in [0.717, 1.165) is 22.8 Å². The summed E-state index contributed by atoms with van der Waals surface area (Å²) in [6.07, 6.45) is -4.39. The van der Waals surface area contributed by atoms with Crippen molar-refractivity contribution >= 4 is 41.2 Å². The van der Waals surface area contributed by atoms with E-state index in [1.165, 1.54) is 7.11 Å². The molecule has 0 aliphatic carbocycles. The topological polar surface area (TPSA) is 231 Å². The van der Waals surface area contributed by atoms with Gasteiger partial charge in [-0.15, -0.1) is 0 Å². The summed E-state index contributed by atoms with van der Waals surface area (Å²) in [6.45, 7) is 13.3. The van der Waals surface area contributed by atoms with Crippen molar-refractivity contribution in [2.75, 3.05) is 41.3 Å². The number of hydrogen-bond donors (Lipinski definition) is 3. The molecule has 3 aliphatic rings. The molecule has 0 radical (unpaired) electrons. The summed E-state index contributed by atoms with van der Waals surface area (Å²) >= 11 is 0. The van der Waals surface area contributed by atoms with Gasteiger partial charge in [-0.1, -0.05) is 64.5 Å². The number of fused-ring (bicyclic) bond motifs is 1. The molecule has 1 aromatic heterocycles. The van der Waals surface area contributed by atoms with Gasteiger partial charge in [0, 0.05) is 57.3 Å².